The lowest BCUT2D eigenvalue weighted by atomic mass is 10.0. The fourth-order valence-corrected chi connectivity index (χ4v) is 3.51. The lowest BCUT2D eigenvalue weighted by Gasteiger charge is -2.20. The highest BCUT2D eigenvalue weighted by Gasteiger charge is 2.09. The van der Waals surface area contributed by atoms with E-state index in [1.54, 1.807) is 0 Å². The molecule has 2 aromatic carbocycles. The van der Waals surface area contributed by atoms with Crippen molar-refractivity contribution in [3.05, 3.63) is 64.8 Å². The Morgan fingerprint density at radius 2 is 1.79 bits per heavy atom. The van der Waals surface area contributed by atoms with Crippen molar-refractivity contribution in [2.24, 2.45) is 7.05 Å². The van der Waals surface area contributed by atoms with E-state index in [-0.39, 0.29) is 0 Å². The fraction of sp³-hybridized carbons (Fsp3) is 0.364. The van der Waals surface area contributed by atoms with Gasteiger partial charge in [-0.25, -0.2) is 0 Å². The van der Waals surface area contributed by atoms with E-state index in [1.807, 2.05) is 0 Å². The molecular formula is C22H28N2. The first-order valence-electron chi connectivity index (χ1n) is 8.85. The number of likely N-dealkylation sites (N-methyl/N-ethyl adjacent to an activating group) is 1. The average Bonchev–Trinajstić information content (AvgIpc) is 2.88. The number of hydrogen-bond acceptors (Lipinski definition) is 1. The molecule has 24 heavy (non-hydrogen) atoms. The summed E-state index contributed by atoms with van der Waals surface area (Å²) in [5.41, 5.74) is 8.22. The minimum Gasteiger partial charge on any atom is -0.374 e. The molecule has 0 aliphatic heterocycles. The molecule has 0 aliphatic carbocycles. The van der Waals surface area contributed by atoms with Gasteiger partial charge in [0.2, 0.25) is 0 Å². The highest BCUT2D eigenvalue weighted by Crippen LogP contribution is 2.24. The van der Waals surface area contributed by atoms with Gasteiger partial charge in [0.25, 0.3) is 0 Å². The zero-order valence-corrected chi connectivity index (χ0v) is 15.6. The second kappa shape index (κ2) is 6.72. The Kier molecular flexibility index (Phi) is 4.66. The molecule has 0 saturated carbocycles. The number of anilines is 1. The van der Waals surface area contributed by atoms with Crippen LogP contribution in [0.4, 0.5) is 5.69 Å². The number of nitrogens with zero attached hydrogens (tertiary/aromatic N) is 2. The van der Waals surface area contributed by atoms with Crippen LogP contribution >= 0.6 is 0 Å². The third kappa shape index (κ3) is 3.19. The Balaban J connectivity index is 1.77. The van der Waals surface area contributed by atoms with Crippen molar-refractivity contribution in [1.29, 1.82) is 0 Å². The van der Waals surface area contributed by atoms with Crippen molar-refractivity contribution in [2.75, 3.05) is 18.5 Å². The number of aryl methyl sites for hydroxylation is 4. The molecule has 0 amide bonds. The standard InChI is InChI=1S/C22H28N2/c1-6-18-8-9-20(14-17(18)3)23(4)12-11-19-15-24(5)22-13-16(2)7-10-21(19)22/h7-10,13-15H,6,11-12H2,1-5H3. The van der Waals surface area contributed by atoms with Crippen molar-refractivity contribution < 1.29 is 0 Å². The molecule has 1 heterocycles. The quantitative estimate of drug-likeness (QED) is 0.639. The lowest BCUT2D eigenvalue weighted by molar-refractivity contribution is 0.869. The van der Waals surface area contributed by atoms with Crippen molar-refractivity contribution in [1.82, 2.24) is 4.57 Å². The van der Waals surface area contributed by atoms with E-state index in [0.29, 0.717) is 0 Å². The van der Waals surface area contributed by atoms with Gasteiger partial charge >= 0.3 is 0 Å². The maximum Gasteiger partial charge on any atom is 0.0483 e. The molecule has 0 aliphatic rings. The minimum absolute atomic E-state index is 1.03. The summed E-state index contributed by atoms with van der Waals surface area (Å²) in [4.78, 5) is 2.36. The molecule has 0 radical (unpaired) electrons. The summed E-state index contributed by atoms with van der Waals surface area (Å²) in [6.07, 6.45) is 4.44. The highest BCUT2D eigenvalue weighted by atomic mass is 15.1. The van der Waals surface area contributed by atoms with Gasteiger partial charge in [-0.15, -0.1) is 0 Å². The summed E-state index contributed by atoms with van der Waals surface area (Å²) in [5.74, 6) is 0. The number of hydrogen-bond donors (Lipinski definition) is 0. The Morgan fingerprint density at radius 3 is 2.50 bits per heavy atom. The van der Waals surface area contributed by atoms with Crippen molar-refractivity contribution in [2.45, 2.75) is 33.6 Å². The van der Waals surface area contributed by atoms with Crippen LogP contribution in [0.3, 0.4) is 0 Å². The van der Waals surface area contributed by atoms with Crippen molar-refractivity contribution in [3.63, 3.8) is 0 Å². The first-order chi connectivity index (χ1) is 11.5. The molecule has 0 fully saturated rings. The van der Waals surface area contributed by atoms with Crippen LogP contribution in [0.1, 0.15) is 29.2 Å². The van der Waals surface area contributed by atoms with Gasteiger partial charge in [0.15, 0.2) is 0 Å². The minimum atomic E-state index is 1.03. The van der Waals surface area contributed by atoms with Crippen LogP contribution in [0.2, 0.25) is 0 Å². The molecule has 0 saturated heterocycles. The molecule has 2 heteroatoms. The maximum atomic E-state index is 2.36. The van der Waals surface area contributed by atoms with Crippen molar-refractivity contribution >= 4 is 16.6 Å². The normalized spacial score (nSPS) is 11.2. The van der Waals surface area contributed by atoms with E-state index in [9.17, 15) is 0 Å². The SMILES string of the molecule is CCc1ccc(N(C)CCc2cn(C)c3cc(C)ccc23)cc1C. The van der Waals surface area contributed by atoms with Gasteiger partial charge < -0.3 is 9.47 Å². The van der Waals surface area contributed by atoms with Crippen LogP contribution in [0.5, 0.6) is 0 Å². The van der Waals surface area contributed by atoms with Crippen LogP contribution in [0.25, 0.3) is 10.9 Å². The summed E-state index contributed by atoms with van der Waals surface area (Å²) >= 11 is 0. The van der Waals surface area contributed by atoms with Crippen LogP contribution < -0.4 is 4.90 Å². The Morgan fingerprint density at radius 1 is 1.00 bits per heavy atom. The number of benzene rings is 2. The first kappa shape index (κ1) is 16.6. The van der Waals surface area contributed by atoms with E-state index in [2.05, 4.69) is 86.9 Å². The highest BCUT2D eigenvalue weighted by molar-refractivity contribution is 5.84. The van der Waals surface area contributed by atoms with Gasteiger partial charge in [-0.3, -0.25) is 0 Å². The zero-order valence-electron chi connectivity index (χ0n) is 15.6. The van der Waals surface area contributed by atoms with E-state index in [0.717, 1.165) is 19.4 Å². The Bertz CT molecular complexity index is 858. The van der Waals surface area contributed by atoms with Crippen molar-refractivity contribution in [3.8, 4) is 0 Å². The second-order valence-electron chi connectivity index (χ2n) is 6.92. The predicted molar refractivity (Wildman–Crippen MR) is 105 cm³/mol. The molecular weight excluding hydrogens is 292 g/mol. The summed E-state index contributed by atoms with van der Waals surface area (Å²) in [7, 11) is 4.33. The van der Waals surface area contributed by atoms with E-state index < -0.39 is 0 Å². The number of rotatable bonds is 5. The molecule has 3 aromatic rings. The molecule has 0 N–H and O–H groups in total. The summed E-state index contributed by atoms with van der Waals surface area (Å²) in [5, 5.41) is 1.38. The molecule has 0 bridgehead atoms. The largest absolute Gasteiger partial charge is 0.374 e. The second-order valence-corrected chi connectivity index (χ2v) is 6.92. The van der Waals surface area contributed by atoms with Gasteiger partial charge in [0.1, 0.15) is 0 Å². The molecule has 126 valence electrons. The summed E-state index contributed by atoms with van der Waals surface area (Å²) < 4.78 is 2.25. The predicted octanol–water partition coefficient (Wildman–Crippen LogP) is 5.04. The van der Waals surface area contributed by atoms with Gasteiger partial charge in [-0.05, 0) is 67.1 Å². The smallest absolute Gasteiger partial charge is 0.0483 e. The molecule has 3 rings (SSSR count). The topological polar surface area (TPSA) is 8.17 Å². The molecule has 0 atom stereocenters. The Labute approximate surface area is 145 Å². The van der Waals surface area contributed by atoms with E-state index in [1.165, 1.54) is 38.8 Å². The van der Waals surface area contributed by atoms with Gasteiger partial charge in [0.05, 0.1) is 0 Å². The van der Waals surface area contributed by atoms with E-state index in [4.69, 9.17) is 0 Å². The third-order valence-corrected chi connectivity index (χ3v) is 5.09. The third-order valence-electron chi connectivity index (χ3n) is 5.09. The fourth-order valence-electron chi connectivity index (χ4n) is 3.51. The number of fused-ring (bicyclic) bond motifs is 1. The molecule has 0 spiro atoms. The molecule has 1 aromatic heterocycles. The number of aromatic nitrogens is 1. The van der Waals surface area contributed by atoms with Crippen LogP contribution in [-0.4, -0.2) is 18.2 Å². The van der Waals surface area contributed by atoms with Gasteiger partial charge in [-0.1, -0.05) is 25.1 Å². The molecule has 2 nitrogen and oxygen atoms in total. The zero-order chi connectivity index (χ0) is 17.3. The Hall–Kier alpha value is -2.22. The first-order valence-corrected chi connectivity index (χ1v) is 8.85. The van der Waals surface area contributed by atoms with E-state index >= 15 is 0 Å². The van der Waals surface area contributed by atoms with Crippen LogP contribution in [0, 0.1) is 13.8 Å². The average molecular weight is 320 g/mol. The maximum absolute atomic E-state index is 2.36. The van der Waals surface area contributed by atoms with Crippen LogP contribution in [0.15, 0.2) is 42.6 Å². The monoisotopic (exact) mass is 320 g/mol. The van der Waals surface area contributed by atoms with Crippen LogP contribution in [-0.2, 0) is 19.9 Å². The molecule has 0 unspecified atom stereocenters. The summed E-state index contributed by atoms with van der Waals surface area (Å²) in [6, 6.07) is 13.6. The lowest BCUT2D eigenvalue weighted by Crippen LogP contribution is -2.20. The van der Waals surface area contributed by atoms with Gasteiger partial charge in [0, 0.05) is 43.4 Å². The van der Waals surface area contributed by atoms with Gasteiger partial charge in [-0.2, -0.15) is 0 Å². The summed E-state index contributed by atoms with van der Waals surface area (Å²) in [6.45, 7) is 7.61.